The Morgan fingerprint density at radius 2 is 2.00 bits per heavy atom. The number of fused-ring (bicyclic) bond motifs is 3. The highest BCUT2D eigenvalue weighted by atomic mass is 16.1. The molecule has 0 aliphatic heterocycles. The molecule has 0 heterocycles. The van der Waals surface area contributed by atoms with Gasteiger partial charge in [-0.3, -0.25) is 4.79 Å². The molecule has 11 heavy (non-hydrogen) atoms. The zero-order chi connectivity index (χ0) is 7.42. The van der Waals surface area contributed by atoms with Gasteiger partial charge in [0, 0.05) is 11.8 Å². The third kappa shape index (κ3) is 0.800. The number of carbonyl (C=O) groups is 1. The van der Waals surface area contributed by atoms with Crippen molar-refractivity contribution in [1.29, 1.82) is 0 Å². The van der Waals surface area contributed by atoms with Gasteiger partial charge in [-0.05, 0) is 43.9 Å². The minimum Gasteiger partial charge on any atom is -0.299 e. The molecule has 4 atom stereocenters. The van der Waals surface area contributed by atoms with E-state index in [0.717, 1.165) is 11.8 Å². The third-order valence-electron chi connectivity index (χ3n) is 3.87. The molecule has 0 aromatic carbocycles. The minimum absolute atomic E-state index is 0.498. The highest BCUT2D eigenvalue weighted by Crippen LogP contribution is 2.53. The van der Waals surface area contributed by atoms with Gasteiger partial charge in [-0.25, -0.2) is 0 Å². The fraction of sp³-hybridized carbons (Fsp3) is 0.900. The first kappa shape index (κ1) is 6.22. The van der Waals surface area contributed by atoms with Crippen LogP contribution >= 0.6 is 0 Å². The first-order valence-corrected chi connectivity index (χ1v) is 4.88. The van der Waals surface area contributed by atoms with Crippen LogP contribution in [0.4, 0.5) is 0 Å². The van der Waals surface area contributed by atoms with Crippen LogP contribution in [0.5, 0.6) is 0 Å². The summed E-state index contributed by atoms with van der Waals surface area (Å²) in [5.41, 5.74) is 0. The monoisotopic (exact) mass is 150 g/mol. The molecule has 1 nitrogen and oxygen atoms in total. The molecule has 3 aliphatic carbocycles. The average molecular weight is 150 g/mol. The van der Waals surface area contributed by atoms with E-state index in [1.807, 2.05) is 0 Å². The van der Waals surface area contributed by atoms with Crippen molar-refractivity contribution in [3.05, 3.63) is 0 Å². The molecule has 0 N–H and O–H groups in total. The predicted octanol–water partition coefficient (Wildman–Crippen LogP) is 2.01. The Hall–Kier alpha value is -0.330. The van der Waals surface area contributed by atoms with E-state index in [2.05, 4.69) is 0 Å². The summed E-state index contributed by atoms with van der Waals surface area (Å²) in [5, 5.41) is 0. The van der Waals surface area contributed by atoms with E-state index in [9.17, 15) is 4.79 Å². The molecular formula is C10H14O. The highest BCUT2D eigenvalue weighted by Gasteiger charge is 2.50. The Morgan fingerprint density at radius 3 is 2.91 bits per heavy atom. The fourth-order valence-electron chi connectivity index (χ4n) is 3.13. The molecule has 0 spiro atoms. The third-order valence-corrected chi connectivity index (χ3v) is 3.87. The smallest absolute Gasteiger partial charge is 0.139 e. The van der Waals surface area contributed by atoms with Gasteiger partial charge in [0.05, 0.1) is 0 Å². The van der Waals surface area contributed by atoms with E-state index in [1.165, 1.54) is 32.1 Å². The summed E-state index contributed by atoms with van der Waals surface area (Å²) in [5.74, 6) is 3.43. The van der Waals surface area contributed by atoms with E-state index in [4.69, 9.17) is 0 Å². The molecule has 0 amide bonds. The van der Waals surface area contributed by atoms with Crippen molar-refractivity contribution < 1.29 is 4.79 Å². The maximum Gasteiger partial charge on any atom is 0.139 e. The zero-order valence-electron chi connectivity index (χ0n) is 6.75. The van der Waals surface area contributed by atoms with Crippen molar-refractivity contribution >= 4 is 5.78 Å². The van der Waals surface area contributed by atoms with Crippen LogP contribution in [-0.2, 0) is 4.79 Å². The van der Waals surface area contributed by atoms with Gasteiger partial charge in [0.1, 0.15) is 5.78 Å². The Labute approximate surface area is 67.2 Å². The molecule has 4 unspecified atom stereocenters. The Morgan fingerprint density at radius 1 is 1.09 bits per heavy atom. The van der Waals surface area contributed by atoms with Crippen LogP contribution in [0, 0.1) is 23.7 Å². The molecule has 3 fully saturated rings. The summed E-state index contributed by atoms with van der Waals surface area (Å²) in [4.78, 5) is 11.6. The molecule has 0 aromatic heterocycles. The average Bonchev–Trinajstić information content (AvgIpc) is 2.56. The van der Waals surface area contributed by atoms with Crippen LogP contribution < -0.4 is 0 Å². The van der Waals surface area contributed by atoms with Gasteiger partial charge in [-0.15, -0.1) is 0 Å². The molecule has 1 heteroatoms. The first-order valence-electron chi connectivity index (χ1n) is 4.88. The molecule has 2 bridgehead atoms. The molecule has 3 rings (SSSR count). The number of rotatable bonds is 0. The second kappa shape index (κ2) is 1.88. The number of Topliss-reactive ketones (excluding diaryl/α,β-unsaturated/α-hetero) is 1. The van der Waals surface area contributed by atoms with Crippen LogP contribution in [0.15, 0.2) is 0 Å². The summed E-state index contributed by atoms with van der Waals surface area (Å²) in [6, 6.07) is 0. The molecule has 0 radical (unpaired) electrons. The fourth-order valence-corrected chi connectivity index (χ4v) is 3.13. The van der Waals surface area contributed by atoms with Crippen LogP contribution in [0.1, 0.15) is 32.1 Å². The molecule has 60 valence electrons. The summed E-state index contributed by atoms with van der Waals surface area (Å²) >= 11 is 0. The molecular weight excluding hydrogens is 136 g/mol. The highest BCUT2D eigenvalue weighted by molar-refractivity contribution is 5.86. The first-order chi connectivity index (χ1) is 5.34. The van der Waals surface area contributed by atoms with Crippen molar-refractivity contribution in [2.24, 2.45) is 23.7 Å². The van der Waals surface area contributed by atoms with Crippen LogP contribution in [0.2, 0.25) is 0 Å². The topological polar surface area (TPSA) is 17.1 Å². The second-order valence-corrected chi connectivity index (χ2v) is 4.62. The largest absolute Gasteiger partial charge is 0.299 e. The molecule has 0 aromatic rings. The molecule has 3 aliphatic rings. The Bertz CT molecular complexity index is 209. The van der Waals surface area contributed by atoms with E-state index in [0.29, 0.717) is 17.6 Å². The van der Waals surface area contributed by atoms with Crippen molar-refractivity contribution in [3.8, 4) is 0 Å². The lowest BCUT2D eigenvalue weighted by molar-refractivity contribution is -0.124. The van der Waals surface area contributed by atoms with E-state index >= 15 is 0 Å². The lowest BCUT2D eigenvalue weighted by Crippen LogP contribution is -2.12. The van der Waals surface area contributed by atoms with Gasteiger partial charge in [0.2, 0.25) is 0 Å². The summed E-state index contributed by atoms with van der Waals surface area (Å²) in [7, 11) is 0. The Kier molecular flexibility index (Phi) is 1.06. The van der Waals surface area contributed by atoms with Gasteiger partial charge in [-0.2, -0.15) is 0 Å². The van der Waals surface area contributed by atoms with E-state index < -0.39 is 0 Å². The second-order valence-electron chi connectivity index (χ2n) is 4.62. The standard InChI is InChI=1S/C10H14O/c11-10-7-2-1-6(3-7)4-8-5-9(8)10/h6-9H,1-5H2. The van der Waals surface area contributed by atoms with Crippen molar-refractivity contribution in [1.82, 2.24) is 0 Å². The number of hydrogen-bond donors (Lipinski definition) is 0. The van der Waals surface area contributed by atoms with Crippen LogP contribution in [0.3, 0.4) is 0 Å². The van der Waals surface area contributed by atoms with Crippen molar-refractivity contribution in [2.45, 2.75) is 32.1 Å². The quantitative estimate of drug-likeness (QED) is 0.516. The maximum atomic E-state index is 11.6. The predicted molar refractivity (Wildman–Crippen MR) is 42.1 cm³/mol. The lowest BCUT2D eigenvalue weighted by atomic mass is 9.99. The Balaban J connectivity index is 1.91. The van der Waals surface area contributed by atoms with E-state index in [1.54, 1.807) is 0 Å². The maximum absolute atomic E-state index is 11.6. The van der Waals surface area contributed by atoms with E-state index in [-0.39, 0.29) is 0 Å². The summed E-state index contributed by atoms with van der Waals surface area (Å²) < 4.78 is 0. The van der Waals surface area contributed by atoms with Gasteiger partial charge < -0.3 is 0 Å². The number of ketones is 1. The molecule has 3 saturated carbocycles. The number of carbonyl (C=O) groups excluding carboxylic acids is 1. The molecule has 0 saturated heterocycles. The minimum atomic E-state index is 0.498. The summed E-state index contributed by atoms with van der Waals surface area (Å²) in [6.45, 7) is 0. The van der Waals surface area contributed by atoms with Gasteiger partial charge in [-0.1, -0.05) is 0 Å². The van der Waals surface area contributed by atoms with Crippen molar-refractivity contribution in [2.75, 3.05) is 0 Å². The zero-order valence-corrected chi connectivity index (χ0v) is 6.75. The normalized spacial score (nSPS) is 53.6. The van der Waals surface area contributed by atoms with Gasteiger partial charge in [0.15, 0.2) is 0 Å². The lowest BCUT2D eigenvalue weighted by Gasteiger charge is -2.04. The van der Waals surface area contributed by atoms with Crippen LogP contribution in [0.25, 0.3) is 0 Å². The van der Waals surface area contributed by atoms with Crippen molar-refractivity contribution in [3.63, 3.8) is 0 Å². The SMILES string of the molecule is O=C1C2CCC(C2)CC2CC12. The van der Waals surface area contributed by atoms with Gasteiger partial charge >= 0.3 is 0 Å². The van der Waals surface area contributed by atoms with Crippen LogP contribution in [-0.4, -0.2) is 5.78 Å². The van der Waals surface area contributed by atoms with Gasteiger partial charge in [0.25, 0.3) is 0 Å². The summed E-state index contributed by atoms with van der Waals surface area (Å²) in [6.07, 6.45) is 6.43. The number of hydrogen-bond acceptors (Lipinski definition) is 1.